The van der Waals surface area contributed by atoms with E-state index in [4.69, 9.17) is 4.74 Å². The van der Waals surface area contributed by atoms with Gasteiger partial charge in [-0.25, -0.2) is 9.18 Å². The fourth-order valence-corrected chi connectivity index (χ4v) is 2.41. The highest BCUT2D eigenvalue weighted by Crippen LogP contribution is 2.32. The first-order valence-corrected chi connectivity index (χ1v) is 8.40. The number of unbranched alkanes of at least 4 members (excludes halogenated alkanes) is 7. The molecule has 1 aromatic carbocycles. The van der Waals surface area contributed by atoms with Gasteiger partial charge in [-0.3, -0.25) is 0 Å². The molecule has 0 aliphatic rings. The molecule has 0 aliphatic heterocycles. The van der Waals surface area contributed by atoms with Crippen LogP contribution in [0.3, 0.4) is 0 Å². The summed E-state index contributed by atoms with van der Waals surface area (Å²) in [7, 11) is 0. The fraction of sp³-hybridized carbons (Fsp3) is 0.611. The van der Waals surface area contributed by atoms with E-state index in [1.165, 1.54) is 25.7 Å². The van der Waals surface area contributed by atoms with E-state index in [1.807, 2.05) is 0 Å². The van der Waals surface area contributed by atoms with Gasteiger partial charge in [-0.1, -0.05) is 51.9 Å². The van der Waals surface area contributed by atoms with Crippen LogP contribution in [0.2, 0.25) is 0 Å². The van der Waals surface area contributed by atoms with Crippen LogP contribution in [0.15, 0.2) is 18.2 Å². The zero-order chi connectivity index (χ0) is 18.0. The van der Waals surface area contributed by atoms with Crippen LogP contribution in [-0.4, -0.2) is 12.6 Å². The molecule has 136 valence electrons. The molecule has 0 fully saturated rings. The topological polar surface area (TPSA) is 26.3 Å². The predicted octanol–water partition coefficient (Wildman–Crippen LogP) is 6.14. The van der Waals surface area contributed by atoms with E-state index in [9.17, 15) is 22.4 Å². The van der Waals surface area contributed by atoms with E-state index in [0.29, 0.717) is 24.6 Å². The summed E-state index contributed by atoms with van der Waals surface area (Å²) >= 11 is 0. The molecule has 1 rings (SSSR count). The van der Waals surface area contributed by atoms with E-state index < -0.39 is 29.1 Å². The molecule has 0 radical (unpaired) electrons. The maximum absolute atomic E-state index is 13.1. The second-order valence-corrected chi connectivity index (χ2v) is 5.80. The van der Waals surface area contributed by atoms with Crippen LogP contribution in [-0.2, 0) is 10.9 Å². The number of carbonyl (C=O) groups excluding carboxylic acids is 1. The predicted molar refractivity (Wildman–Crippen MR) is 84.3 cm³/mol. The first-order valence-electron chi connectivity index (χ1n) is 8.40. The first-order chi connectivity index (χ1) is 11.4. The van der Waals surface area contributed by atoms with Gasteiger partial charge in [0.05, 0.1) is 17.7 Å². The Balaban J connectivity index is 2.37. The molecule has 0 spiro atoms. The van der Waals surface area contributed by atoms with Crippen molar-refractivity contribution in [2.75, 3.05) is 6.61 Å². The number of esters is 1. The van der Waals surface area contributed by atoms with E-state index in [1.54, 1.807) is 0 Å². The van der Waals surface area contributed by atoms with Crippen molar-refractivity contribution >= 4 is 5.97 Å². The third-order valence-electron chi connectivity index (χ3n) is 3.74. The van der Waals surface area contributed by atoms with E-state index >= 15 is 0 Å². The van der Waals surface area contributed by atoms with Crippen LogP contribution < -0.4 is 0 Å². The second-order valence-electron chi connectivity index (χ2n) is 5.80. The molecule has 0 atom stereocenters. The summed E-state index contributed by atoms with van der Waals surface area (Å²) in [6.45, 7) is 2.19. The zero-order valence-corrected chi connectivity index (χ0v) is 13.9. The molecular formula is C18H24F4O2. The molecule has 0 aromatic heterocycles. The summed E-state index contributed by atoms with van der Waals surface area (Å²) in [6, 6.07) is 1.80. The molecule has 0 bridgehead atoms. The van der Waals surface area contributed by atoms with Gasteiger partial charge in [-0.2, -0.15) is 13.2 Å². The van der Waals surface area contributed by atoms with Crippen molar-refractivity contribution in [2.24, 2.45) is 0 Å². The minimum Gasteiger partial charge on any atom is -0.462 e. The van der Waals surface area contributed by atoms with Gasteiger partial charge < -0.3 is 4.74 Å². The normalized spacial score (nSPS) is 11.5. The largest absolute Gasteiger partial charge is 0.462 e. The van der Waals surface area contributed by atoms with E-state index in [-0.39, 0.29) is 6.61 Å². The van der Waals surface area contributed by atoms with E-state index in [0.717, 1.165) is 19.3 Å². The zero-order valence-electron chi connectivity index (χ0n) is 13.9. The maximum atomic E-state index is 13.1. The van der Waals surface area contributed by atoms with Gasteiger partial charge >= 0.3 is 12.1 Å². The smallest absolute Gasteiger partial charge is 0.417 e. The molecular weight excluding hydrogens is 324 g/mol. The number of carbonyl (C=O) groups is 1. The van der Waals surface area contributed by atoms with Crippen LogP contribution in [0.25, 0.3) is 0 Å². The lowest BCUT2D eigenvalue weighted by atomic mass is 10.1. The Labute approximate surface area is 140 Å². The van der Waals surface area contributed by atoms with Crippen LogP contribution in [0.1, 0.15) is 74.2 Å². The molecule has 0 amide bonds. The van der Waals surface area contributed by atoms with Crippen molar-refractivity contribution in [2.45, 2.75) is 64.5 Å². The highest BCUT2D eigenvalue weighted by molar-refractivity contribution is 5.91. The Morgan fingerprint density at radius 1 is 1.00 bits per heavy atom. The lowest BCUT2D eigenvalue weighted by molar-refractivity contribution is -0.138. The van der Waals surface area contributed by atoms with Gasteiger partial charge in [0.15, 0.2) is 0 Å². The van der Waals surface area contributed by atoms with Gasteiger partial charge in [0.2, 0.25) is 0 Å². The molecule has 6 heteroatoms. The van der Waals surface area contributed by atoms with Crippen LogP contribution in [0.4, 0.5) is 17.6 Å². The van der Waals surface area contributed by atoms with Crippen molar-refractivity contribution in [1.82, 2.24) is 0 Å². The molecule has 0 saturated carbocycles. The summed E-state index contributed by atoms with van der Waals surface area (Å²) in [4.78, 5) is 11.8. The van der Waals surface area contributed by atoms with Crippen molar-refractivity contribution in [1.29, 1.82) is 0 Å². The van der Waals surface area contributed by atoms with Gasteiger partial charge in [0.1, 0.15) is 5.82 Å². The Kier molecular flexibility index (Phi) is 8.79. The van der Waals surface area contributed by atoms with Gasteiger partial charge in [-0.05, 0) is 24.6 Å². The lowest BCUT2D eigenvalue weighted by Gasteiger charge is -2.12. The van der Waals surface area contributed by atoms with Crippen molar-refractivity contribution in [3.8, 4) is 0 Å². The van der Waals surface area contributed by atoms with Gasteiger partial charge in [-0.15, -0.1) is 0 Å². The lowest BCUT2D eigenvalue weighted by Crippen LogP contribution is -2.16. The van der Waals surface area contributed by atoms with Crippen molar-refractivity contribution in [3.05, 3.63) is 35.1 Å². The van der Waals surface area contributed by atoms with Crippen molar-refractivity contribution in [3.63, 3.8) is 0 Å². The number of hydrogen-bond acceptors (Lipinski definition) is 2. The monoisotopic (exact) mass is 348 g/mol. The first kappa shape index (κ1) is 20.5. The summed E-state index contributed by atoms with van der Waals surface area (Å²) < 4.78 is 56.5. The highest BCUT2D eigenvalue weighted by atomic mass is 19.4. The molecule has 2 nitrogen and oxygen atoms in total. The molecule has 0 aliphatic carbocycles. The number of alkyl halides is 3. The minimum atomic E-state index is -4.72. The number of rotatable bonds is 10. The average Bonchev–Trinajstić information content (AvgIpc) is 2.51. The molecule has 0 heterocycles. The standard InChI is InChI=1S/C18H24F4O2/c1-2-3-4-5-6-7-8-9-12-24-17(23)15-13-14(19)10-11-16(15)18(20,21)22/h10-11,13H,2-9,12H2,1H3. The van der Waals surface area contributed by atoms with E-state index in [2.05, 4.69) is 6.92 Å². The molecule has 0 unspecified atom stereocenters. The van der Waals surface area contributed by atoms with Crippen LogP contribution in [0.5, 0.6) is 0 Å². The molecule has 0 N–H and O–H groups in total. The number of benzene rings is 1. The molecule has 1 aromatic rings. The highest BCUT2D eigenvalue weighted by Gasteiger charge is 2.35. The quantitative estimate of drug-likeness (QED) is 0.288. The number of hydrogen-bond donors (Lipinski definition) is 0. The molecule has 0 saturated heterocycles. The summed E-state index contributed by atoms with van der Waals surface area (Å²) in [5.74, 6) is -2.04. The number of halogens is 4. The third kappa shape index (κ3) is 7.32. The third-order valence-corrected chi connectivity index (χ3v) is 3.74. The molecule has 24 heavy (non-hydrogen) atoms. The van der Waals surface area contributed by atoms with Crippen molar-refractivity contribution < 1.29 is 27.1 Å². The second kappa shape index (κ2) is 10.3. The maximum Gasteiger partial charge on any atom is 0.417 e. The SMILES string of the molecule is CCCCCCCCCCOC(=O)c1cc(F)ccc1C(F)(F)F. The Bertz CT molecular complexity index is 512. The summed E-state index contributed by atoms with van der Waals surface area (Å²) in [5, 5.41) is 0. The summed E-state index contributed by atoms with van der Waals surface area (Å²) in [5.41, 5.74) is -1.95. The minimum absolute atomic E-state index is 0.0433. The Hall–Kier alpha value is -1.59. The van der Waals surface area contributed by atoms with Gasteiger partial charge in [0, 0.05) is 0 Å². The Morgan fingerprint density at radius 2 is 1.58 bits per heavy atom. The van der Waals surface area contributed by atoms with Crippen LogP contribution >= 0.6 is 0 Å². The fourth-order valence-electron chi connectivity index (χ4n) is 2.41. The van der Waals surface area contributed by atoms with Gasteiger partial charge in [0.25, 0.3) is 0 Å². The number of ether oxygens (including phenoxy) is 1. The summed E-state index contributed by atoms with van der Waals surface area (Å²) in [6.07, 6.45) is 3.65. The average molecular weight is 348 g/mol. The van der Waals surface area contributed by atoms with Crippen LogP contribution in [0, 0.1) is 5.82 Å². The Morgan fingerprint density at radius 3 is 2.17 bits per heavy atom.